The van der Waals surface area contributed by atoms with E-state index in [1.807, 2.05) is 0 Å². The Labute approximate surface area is 124 Å². The second kappa shape index (κ2) is 6.63. The Morgan fingerprint density at radius 2 is 2.05 bits per heavy atom. The zero-order chi connectivity index (χ0) is 15.4. The van der Waals surface area contributed by atoms with Gasteiger partial charge in [0.2, 0.25) is 0 Å². The fraction of sp³-hybridized carbons (Fsp3) is 0.438. The molecule has 0 unspecified atom stereocenters. The zero-order valence-electron chi connectivity index (χ0n) is 12.7. The van der Waals surface area contributed by atoms with E-state index < -0.39 is 0 Å². The first-order valence-electron chi connectivity index (χ1n) is 6.90. The third-order valence-corrected chi connectivity index (χ3v) is 3.79. The van der Waals surface area contributed by atoms with Gasteiger partial charge in [-0.15, -0.1) is 0 Å². The summed E-state index contributed by atoms with van der Waals surface area (Å²) < 4.78 is 10.7. The molecule has 0 radical (unpaired) electrons. The van der Waals surface area contributed by atoms with Gasteiger partial charge in [-0.25, -0.2) is 0 Å². The fourth-order valence-electron chi connectivity index (χ4n) is 2.59. The number of nitrogens with zero attached hydrogens (tertiary/aromatic N) is 1. The third kappa shape index (κ3) is 3.03. The lowest BCUT2D eigenvalue weighted by Gasteiger charge is -2.24. The van der Waals surface area contributed by atoms with Crippen molar-refractivity contribution >= 4 is 11.9 Å². The van der Waals surface area contributed by atoms with Crippen molar-refractivity contribution in [1.29, 1.82) is 0 Å². The minimum atomic E-state index is 0.0779. The molecule has 114 valence electrons. The van der Waals surface area contributed by atoms with Crippen molar-refractivity contribution < 1.29 is 19.4 Å². The Morgan fingerprint density at radius 1 is 1.33 bits per heavy atom. The molecule has 1 N–H and O–H groups in total. The molecule has 0 aliphatic carbocycles. The van der Waals surface area contributed by atoms with Crippen LogP contribution in [-0.2, 0) is 11.2 Å². The summed E-state index contributed by atoms with van der Waals surface area (Å²) in [5.41, 5.74) is 2.21. The predicted molar refractivity (Wildman–Crippen MR) is 81.1 cm³/mol. The minimum Gasteiger partial charge on any atom is -0.507 e. The summed E-state index contributed by atoms with van der Waals surface area (Å²) in [6.45, 7) is 1.75. The van der Waals surface area contributed by atoms with Crippen molar-refractivity contribution in [1.82, 2.24) is 4.90 Å². The van der Waals surface area contributed by atoms with Crippen LogP contribution in [0.15, 0.2) is 12.1 Å². The number of hydrogen-bond donors (Lipinski definition) is 1. The number of aldehydes is 1. The molecule has 0 fully saturated rings. The Kier molecular flexibility index (Phi) is 4.85. The summed E-state index contributed by atoms with van der Waals surface area (Å²) in [4.78, 5) is 13.1. The molecule has 5 heteroatoms. The van der Waals surface area contributed by atoms with E-state index in [0.717, 1.165) is 31.4 Å². The quantitative estimate of drug-likeness (QED) is 0.839. The molecule has 0 amide bonds. The van der Waals surface area contributed by atoms with Gasteiger partial charge in [0.1, 0.15) is 23.5 Å². The van der Waals surface area contributed by atoms with E-state index in [2.05, 4.69) is 18.0 Å². The molecule has 0 aromatic heterocycles. The normalized spacial score (nSPS) is 15.5. The maximum Gasteiger partial charge on any atom is 0.134 e. The Morgan fingerprint density at radius 3 is 2.57 bits per heavy atom. The van der Waals surface area contributed by atoms with Crippen molar-refractivity contribution in [2.75, 3.05) is 34.4 Å². The number of phenols is 1. The van der Waals surface area contributed by atoms with Crippen molar-refractivity contribution in [3.05, 3.63) is 23.3 Å². The minimum absolute atomic E-state index is 0.0779. The van der Waals surface area contributed by atoms with Gasteiger partial charge in [-0.1, -0.05) is 6.08 Å². The van der Waals surface area contributed by atoms with Crippen LogP contribution < -0.4 is 9.47 Å². The highest BCUT2D eigenvalue weighted by molar-refractivity contribution is 5.80. The molecule has 0 saturated heterocycles. The van der Waals surface area contributed by atoms with Crippen LogP contribution in [0.1, 0.15) is 17.5 Å². The molecule has 0 atom stereocenters. The molecule has 5 nitrogen and oxygen atoms in total. The number of aromatic hydroxyl groups is 1. The molecule has 2 rings (SSSR count). The van der Waals surface area contributed by atoms with Crippen molar-refractivity contribution in [3.63, 3.8) is 0 Å². The standard InChI is InChI=1S/C16H21NO4/c1-17-7-4-11(5-8-17)15-14(21-3)10-13(20-2)12(6-9-18)16(15)19/h4,9-10,19H,5-8H2,1-3H3. The average molecular weight is 291 g/mol. The monoisotopic (exact) mass is 291 g/mol. The van der Waals surface area contributed by atoms with Crippen molar-refractivity contribution in [2.24, 2.45) is 0 Å². The summed E-state index contributed by atoms with van der Waals surface area (Å²) in [5, 5.41) is 10.6. The maximum atomic E-state index is 10.9. The van der Waals surface area contributed by atoms with Gasteiger partial charge in [0.25, 0.3) is 0 Å². The van der Waals surface area contributed by atoms with E-state index >= 15 is 0 Å². The first-order chi connectivity index (χ1) is 10.1. The molecule has 1 aromatic carbocycles. The molecule has 1 aliphatic rings. The lowest BCUT2D eigenvalue weighted by atomic mass is 9.94. The molecule has 0 bridgehead atoms. The number of rotatable bonds is 5. The summed E-state index contributed by atoms with van der Waals surface area (Å²) in [7, 11) is 5.12. The highest BCUT2D eigenvalue weighted by atomic mass is 16.5. The summed E-state index contributed by atoms with van der Waals surface area (Å²) in [6, 6.07) is 1.73. The van der Waals surface area contributed by atoms with E-state index in [9.17, 15) is 9.90 Å². The van der Waals surface area contributed by atoms with E-state index in [1.165, 1.54) is 7.11 Å². The van der Waals surface area contributed by atoms with Gasteiger partial charge in [-0.05, 0) is 19.0 Å². The second-order valence-electron chi connectivity index (χ2n) is 5.10. The predicted octanol–water partition coefficient (Wildman–Crippen LogP) is 1.87. The van der Waals surface area contributed by atoms with Gasteiger partial charge >= 0.3 is 0 Å². The second-order valence-corrected chi connectivity index (χ2v) is 5.10. The van der Waals surface area contributed by atoms with Gasteiger partial charge < -0.3 is 24.3 Å². The number of hydrogen-bond acceptors (Lipinski definition) is 5. The van der Waals surface area contributed by atoms with Crippen LogP contribution in [0.5, 0.6) is 17.2 Å². The van der Waals surface area contributed by atoms with Gasteiger partial charge in [-0.3, -0.25) is 0 Å². The number of benzene rings is 1. The van der Waals surface area contributed by atoms with Crippen LogP contribution in [0.25, 0.3) is 5.57 Å². The van der Waals surface area contributed by atoms with E-state index in [4.69, 9.17) is 9.47 Å². The molecule has 1 heterocycles. The van der Waals surface area contributed by atoms with Gasteiger partial charge in [-0.2, -0.15) is 0 Å². The van der Waals surface area contributed by atoms with Crippen LogP contribution in [0.2, 0.25) is 0 Å². The summed E-state index contributed by atoms with van der Waals surface area (Å²) >= 11 is 0. The number of phenolic OH excluding ortho intramolecular Hbond substituents is 1. The first kappa shape index (κ1) is 15.4. The van der Waals surface area contributed by atoms with Crippen LogP contribution in [0.4, 0.5) is 0 Å². The molecular formula is C16H21NO4. The van der Waals surface area contributed by atoms with Crippen LogP contribution in [-0.4, -0.2) is 50.6 Å². The number of likely N-dealkylation sites (N-methyl/N-ethyl adjacent to an activating group) is 1. The highest BCUT2D eigenvalue weighted by Crippen LogP contribution is 2.43. The number of carbonyl (C=O) groups is 1. The van der Waals surface area contributed by atoms with E-state index in [0.29, 0.717) is 22.6 Å². The van der Waals surface area contributed by atoms with Gasteiger partial charge in [0, 0.05) is 31.1 Å². The smallest absolute Gasteiger partial charge is 0.134 e. The topological polar surface area (TPSA) is 59.0 Å². The molecule has 0 saturated carbocycles. The third-order valence-electron chi connectivity index (χ3n) is 3.79. The van der Waals surface area contributed by atoms with Gasteiger partial charge in [0.05, 0.1) is 19.8 Å². The van der Waals surface area contributed by atoms with Crippen molar-refractivity contribution in [2.45, 2.75) is 12.8 Å². The average Bonchev–Trinajstić information content (AvgIpc) is 2.50. The summed E-state index contributed by atoms with van der Waals surface area (Å²) in [5.74, 6) is 1.11. The Hall–Kier alpha value is -2.01. The van der Waals surface area contributed by atoms with Crippen LogP contribution in [0.3, 0.4) is 0 Å². The SMILES string of the molecule is COc1cc(OC)c(C2=CCN(C)CC2)c(O)c1CC=O. The Balaban J connectivity index is 2.58. The lowest BCUT2D eigenvalue weighted by molar-refractivity contribution is -0.107. The van der Waals surface area contributed by atoms with E-state index in [-0.39, 0.29) is 12.2 Å². The maximum absolute atomic E-state index is 10.9. The lowest BCUT2D eigenvalue weighted by Crippen LogP contribution is -2.23. The summed E-state index contributed by atoms with van der Waals surface area (Å²) in [6.07, 6.45) is 3.78. The molecule has 21 heavy (non-hydrogen) atoms. The molecule has 0 spiro atoms. The number of ether oxygens (including phenoxy) is 2. The van der Waals surface area contributed by atoms with Gasteiger partial charge in [0.15, 0.2) is 0 Å². The fourth-order valence-corrected chi connectivity index (χ4v) is 2.59. The number of methoxy groups -OCH3 is 2. The molecule has 1 aromatic rings. The van der Waals surface area contributed by atoms with Crippen LogP contribution >= 0.6 is 0 Å². The number of carbonyl (C=O) groups excluding carboxylic acids is 1. The van der Waals surface area contributed by atoms with Crippen LogP contribution in [0, 0.1) is 0 Å². The largest absolute Gasteiger partial charge is 0.507 e. The van der Waals surface area contributed by atoms with E-state index in [1.54, 1.807) is 13.2 Å². The highest BCUT2D eigenvalue weighted by Gasteiger charge is 2.23. The zero-order valence-corrected chi connectivity index (χ0v) is 12.7. The molecule has 1 aliphatic heterocycles. The Bertz CT molecular complexity index is 566. The first-order valence-corrected chi connectivity index (χ1v) is 6.90. The van der Waals surface area contributed by atoms with Crippen molar-refractivity contribution in [3.8, 4) is 17.2 Å². The molecular weight excluding hydrogens is 270 g/mol.